The van der Waals surface area contributed by atoms with Crippen molar-refractivity contribution in [1.29, 1.82) is 0 Å². The van der Waals surface area contributed by atoms with Crippen LogP contribution in [-0.2, 0) is 0 Å². The summed E-state index contributed by atoms with van der Waals surface area (Å²) in [6.07, 6.45) is 1.57. The standard InChI is InChI=1S/C16H10ClN3O3/c17-11-3-6-13-14(7-8-18-15(13)9-11)19-16(21)10-1-4-12(5-2-10)20(22)23/h1-9H,(H,18,19,21). The number of carbonyl (C=O) groups is 1. The van der Waals surface area contributed by atoms with Gasteiger partial charge in [-0.25, -0.2) is 0 Å². The number of non-ortho nitro benzene ring substituents is 1. The van der Waals surface area contributed by atoms with Crippen molar-refractivity contribution in [3.05, 3.63) is 75.4 Å². The number of nitro groups is 1. The van der Waals surface area contributed by atoms with Crippen molar-refractivity contribution < 1.29 is 9.72 Å². The van der Waals surface area contributed by atoms with Gasteiger partial charge >= 0.3 is 0 Å². The zero-order valence-electron chi connectivity index (χ0n) is 11.7. The highest BCUT2D eigenvalue weighted by Gasteiger charge is 2.11. The van der Waals surface area contributed by atoms with E-state index in [4.69, 9.17) is 11.6 Å². The van der Waals surface area contributed by atoms with Crippen molar-refractivity contribution in [1.82, 2.24) is 4.98 Å². The summed E-state index contributed by atoms with van der Waals surface area (Å²) >= 11 is 5.93. The molecule has 0 bridgehead atoms. The highest BCUT2D eigenvalue weighted by Crippen LogP contribution is 2.25. The second-order valence-electron chi connectivity index (χ2n) is 4.78. The minimum Gasteiger partial charge on any atom is -0.321 e. The number of nitro benzene ring substituents is 1. The Bertz CT molecular complexity index is 910. The summed E-state index contributed by atoms with van der Waals surface area (Å²) in [5, 5.41) is 14.7. The molecule has 1 amide bonds. The van der Waals surface area contributed by atoms with E-state index in [-0.39, 0.29) is 11.6 Å². The quantitative estimate of drug-likeness (QED) is 0.581. The summed E-state index contributed by atoms with van der Waals surface area (Å²) in [5.41, 5.74) is 1.52. The fourth-order valence-corrected chi connectivity index (χ4v) is 2.33. The molecular weight excluding hydrogens is 318 g/mol. The lowest BCUT2D eigenvalue weighted by Crippen LogP contribution is -2.12. The van der Waals surface area contributed by atoms with Crippen molar-refractivity contribution in [2.75, 3.05) is 5.32 Å². The normalized spacial score (nSPS) is 10.5. The smallest absolute Gasteiger partial charge is 0.269 e. The van der Waals surface area contributed by atoms with Gasteiger partial charge in [0.15, 0.2) is 0 Å². The summed E-state index contributed by atoms with van der Waals surface area (Å²) in [7, 11) is 0. The first kappa shape index (κ1) is 14.9. The molecule has 0 aliphatic heterocycles. The number of halogens is 1. The minimum atomic E-state index is -0.512. The molecule has 7 heteroatoms. The summed E-state index contributed by atoms with van der Waals surface area (Å²) in [4.78, 5) is 26.6. The van der Waals surface area contributed by atoms with E-state index in [2.05, 4.69) is 10.3 Å². The van der Waals surface area contributed by atoms with Crippen LogP contribution in [-0.4, -0.2) is 15.8 Å². The molecule has 6 nitrogen and oxygen atoms in total. The second-order valence-corrected chi connectivity index (χ2v) is 5.21. The number of benzene rings is 2. The molecule has 0 unspecified atom stereocenters. The Labute approximate surface area is 135 Å². The third kappa shape index (κ3) is 3.12. The van der Waals surface area contributed by atoms with Gasteiger partial charge in [-0.15, -0.1) is 0 Å². The zero-order chi connectivity index (χ0) is 16.4. The maximum atomic E-state index is 12.3. The number of aromatic nitrogens is 1. The maximum Gasteiger partial charge on any atom is 0.269 e. The number of nitrogens with one attached hydrogen (secondary N) is 1. The van der Waals surface area contributed by atoms with Crippen molar-refractivity contribution in [3.8, 4) is 0 Å². The van der Waals surface area contributed by atoms with E-state index >= 15 is 0 Å². The Morgan fingerprint density at radius 1 is 1.13 bits per heavy atom. The predicted octanol–water partition coefficient (Wildman–Crippen LogP) is 4.05. The lowest BCUT2D eigenvalue weighted by Gasteiger charge is -2.08. The predicted molar refractivity (Wildman–Crippen MR) is 87.8 cm³/mol. The molecule has 0 atom stereocenters. The topological polar surface area (TPSA) is 85.1 Å². The van der Waals surface area contributed by atoms with Crippen LogP contribution < -0.4 is 5.32 Å². The summed E-state index contributed by atoms with van der Waals surface area (Å²) < 4.78 is 0. The summed E-state index contributed by atoms with van der Waals surface area (Å²) in [6.45, 7) is 0. The van der Waals surface area contributed by atoms with Crippen molar-refractivity contribution in [2.24, 2.45) is 0 Å². The molecular formula is C16H10ClN3O3. The van der Waals surface area contributed by atoms with Crippen LogP contribution in [0.5, 0.6) is 0 Å². The first-order valence-corrected chi connectivity index (χ1v) is 7.02. The molecule has 3 aromatic rings. The fourth-order valence-electron chi connectivity index (χ4n) is 2.16. The van der Waals surface area contributed by atoms with Gasteiger partial charge in [0.2, 0.25) is 0 Å². The first-order chi connectivity index (χ1) is 11.0. The van der Waals surface area contributed by atoms with Crippen molar-refractivity contribution in [3.63, 3.8) is 0 Å². The maximum absolute atomic E-state index is 12.3. The largest absolute Gasteiger partial charge is 0.321 e. The fraction of sp³-hybridized carbons (Fsp3) is 0. The molecule has 2 aromatic carbocycles. The van der Waals surface area contributed by atoms with Gasteiger partial charge < -0.3 is 5.32 Å². The van der Waals surface area contributed by atoms with E-state index in [0.29, 0.717) is 21.8 Å². The van der Waals surface area contributed by atoms with Gasteiger partial charge in [0.1, 0.15) is 0 Å². The molecule has 0 fully saturated rings. The minimum absolute atomic E-state index is 0.0643. The van der Waals surface area contributed by atoms with Crippen molar-refractivity contribution in [2.45, 2.75) is 0 Å². The van der Waals surface area contributed by atoms with Gasteiger partial charge in [0, 0.05) is 34.3 Å². The Kier molecular flexibility index (Phi) is 3.91. The summed E-state index contributed by atoms with van der Waals surface area (Å²) in [6, 6.07) is 12.3. The van der Waals surface area contributed by atoms with Crippen LogP contribution in [0.15, 0.2) is 54.7 Å². The molecule has 3 rings (SSSR count). The molecule has 0 aliphatic carbocycles. The van der Waals surface area contributed by atoms with Gasteiger partial charge in [-0.05, 0) is 36.4 Å². The highest BCUT2D eigenvalue weighted by atomic mass is 35.5. The third-order valence-electron chi connectivity index (χ3n) is 3.29. The molecule has 114 valence electrons. The van der Waals surface area contributed by atoms with Crippen molar-refractivity contribution >= 4 is 39.8 Å². The van der Waals surface area contributed by atoms with E-state index in [0.717, 1.165) is 5.39 Å². The lowest BCUT2D eigenvalue weighted by atomic mass is 10.1. The van der Waals surface area contributed by atoms with Crippen LogP contribution in [0.25, 0.3) is 10.9 Å². The average Bonchev–Trinajstić information content (AvgIpc) is 2.54. The number of fused-ring (bicyclic) bond motifs is 1. The lowest BCUT2D eigenvalue weighted by molar-refractivity contribution is -0.384. The molecule has 0 radical (unpaired) electrons. The number of hydrogen-bond acceptors (Lipinski definition) is 4. The number of carbonyl (C=O) groups excluding carboxylic acids is 1. The van der Waals surface area contributed by atoms with E-state index in [1.807, 2.05) is 0 Å². The Morgan fingerprint density at radius 3 is 2.57 bits per heavy atom. The Hall–Kier alpha value is -2.99. The molecule has 0 saturated carbocycles. The van der Waals surface area contributed by atoms with Gasteiger partial charge in [-0.3, -0.25) is 19.9 Å². The first-order valence-electron chi connectivity index (χ1n) is 6.65. The number of rotatable bonds is 3. The number of anilines is 1. The molecule has 0 aliphatic rings. The van der Waals surface area contributed by atoms with E-state index in [1.54, 1.807) is 30.5 Å². The summed E-state index contributed by atoms with van der Waals surface area (Å²) in [5.74, 6) is -0.359. The van der Waals surface area contributed by atoms with Crippen LogP contribution in [0, 0.1) is 10.1 Å². The van der Waals surface area contributed by atoms with E-state index in [9.17, 15) is 14.9 Å². The van der Waals surface area contributed by atoms with Crippen LogP contribution >= 0.6 is 11.6 Å². The van der Waals surface area contributed by atoms with Crippen LogP contribution in [0.3, 0.4) is 0 Å². The second kappa shape index (κ2) is 6.02. The number of amides is 1. The monoisotopic (exact) mass is 327 g/mol. The zero-order valence-corrected chi connectivity index (χ0v) is 12.4. The molecule has 23 heavy (non-hydrogen) atoms. The molecule has 1 N–H and O–H groups in total. The van der Waals surface area contributed by atoms with E-state index in [1.165, 1.54) is 24.3 Å². The van der Waals surface area contributed by atoms with Gasteiger partial charge in [0.25, 0.3) is 11.6 Å². The highest BCUT2D eigenvalue weighted by molar-refractivity contribution is 6.31. The van der Waals surface area contributed by atoms with Gasteiger partial charge in [0.05, 0.1) is 16.1 Å². The van der Waals surface area contributed by atoms with E-state index < -0.39 is 4.92 Å². The average molecular weight is 328 g/mol. The number of pyridine rings is 1. The SMILES string of the molecule is O=C(Nc1ccnc2cc(Cl)ccc12)c1ccc([N+](=O)[O-])cc1. The molecule has 1 heterocycles. The number of hydrogen-bond donors (Lipinski definition) is 1. The number of nitrogens with zero attached hydrogens (tertiary/aromatic N) is 2. The molecule has 0 spiro atoms. The molecule has 1 aromatic heterocycles. The van der Waals surface area contributed by atoms with Crippen LogP contribution in [0.2, 0.25) is 5.02 Å². The van der Waals surface area contributed by atoms with Gasteiger partial charge in [-0.1, -0.05) is 11.6 Å². The van der Waals surface area contributed by atoms with Crippen LogP contribution in [0.4, 0.5) is 11.4 Å². The Morgan fingerprint density at radius 2 is 1.87 bits per heavy atom. The Balaban J connectivity index is 1.89. The third-order valence-corrected chi connectivity index (χ3v) is 3.53. The van der Waals surface area contributed by atoms with Crippen LogP contribution in [0.1, 0.15) is 10.4 Å². The molecule has 0 saturated heterocycles. The van der Waals surface area contributed by atoms with Gasteiger partial charge in [-0.2, -0.15) is 0 Å².